The van der Waals surface area contributed by atoms with E-state index in [9.17, 15) is 0 Å². The standard InChI is InChI=1S/C16H31N/c1-12(2)14-8-6-9-15(11-14)17-16-10-5-4-7-13(16)3/h12-17H,4-11H2,1-3H3. The SMILES string of the molecule is CC(C)C1CCCC(NC2CCCCC2C)C1. The average molecular weight is 237 g/mol. The summed E-state index contributed by atoms with van der Waals surface area (Å²) in [6, 6.07) is 1.64. The largest absolute Gasteiger partial charge is 0.311 e. The maximum Gasteiger partial charge on any atom is 0.00952 e. The molecule has 0 aromatic heterocycles. The second kappa shape index (κ2) is 6.22. The lowest BCUT2D eigenvalue weighted by molar-refractivity contribution is 0.187. The van der Waals surface area contributed by atoms with E-state index in [1.54, 1.807) is 0 Å². The van der Waals surface area contributed by atoms with Crippen molar-refractivity contribution in [3.8, 4) is 0 Å². The van der Waals surface area contributed by atoms with Crippen LogP contribution in [-0.4, -0.2) is 12.1 Å². The Morgan fingerprint density at radius 3 is 2.41 bits per heavy atom. The minimum atomic E-state index is 0.819. The van der Waals surface area contributed by atoms with E-state index >= 15 is 0 Å². The van der Waals surface area contributed by atoms with Gasteiger partial charge in [0.1, 0.15) is 0 Å². The molecule has 1 heteroatoms. The molecular weight excluding hydrogens is 206 g/mol. The van der Waals surface area contributed by atoms with Crippen molar-refractivity contribution in [1.82, 2.24) is 5.32 Å². The van der Waals surface area contributed by atoms with Crippen LogP contribution < -0.4 is 5.32 Å². The summed E-state index contributed by atoms with van der Waals surface area (Å²) in [4.78, 5) is 0. The summed E-state index contributed by atoms with van der Waals surface area (Å²) in [6.07, 6.45) is 11.5. The van der Waals surface area contributed by atoms with Crippen LogP contribution in [0.2, 0.25) is 0 Å². The van der Waals surface area contributed by atoms with Gasteiger partial charge < -0.3 is 5.32 Å². The van der Waals surface area contributed by atoms with Gasteiger partial charge in [-0.2, -0.15) is 0 Å². The summed E-state index contributed by atoms with van der Waals surface area (Å²) in [7, 11) is 0. The van der Waals surface area contributed by atoms with Gasteiger partial charge in [0.2, 0.25) is 0 Å². The maximum atomic E-state index is 3.99. The Morgan fingerprint density at radius 2 is 1.71 bits per heavy atom. The van der Waals surface area contributed by atoms with Gasteiger partial charge in [-0.3, -0.25) is 0 Å². The lowest BCUT2D eigenvalue weighted by atomic mass is 9.78. The molecule has 2 fully saturated rings. The third-order valence-electron chi connectivity index (χ3n) is 5.22. The van der Waals surface area contributed by atoms with E-state index in [0.29, 0.717) is 0 Å². The third kappa shape index (κ3) is 3.71. The highest BCUT2D eigenvalue weighted by atomic mass is 15.0. The molecule has 17 heavy (non-hydrogen) atoms. The molecule has 2 aliphatic carbocycles. The van der Waals surface area contributed by atoms with E-state index in [1.165, 1.54) is 51.4 Å². The Labute approximate surface area is 108 Å². The van der Waals surface area contributed by atoms with Crippen molar-refractivity contribution in [1.29, 1.82) is 0 Å². The smallest absolute Gasteiger partial charge is 0.00952 e. The van der Waals surface area contributed by atoms with Crippen LogP contribution in [0.25, 0.3) is 0 Å². The first-order chi connectivity index (χ1) is 8.16. The molecule has 0 spiro atoms. The highest BCUT2D eigenvalue weighted by Gasteiger charge is 2.28. The van der Waals surface area contributed by atoms with Gasteiger partial charge in [-0.25, -0.2) is 0 Å². The topological polar surface area (TPSA) is 12.0 Å². The first kappa shape index (κ1) is 13.4. The number of hydrogen-bond acceptors (Lipinski definition) is 1. The molecular formula is C16H31N. The zero-order valence-corrected chi connectivity index (χ0v) is 12.0. The van der Waals surface area contributed by atoms with Crippen LogP contribution in [0, 0.1) is 17.8 Å². The second-order valence-electron chi connectivity index (χ2n) is 6.90. The van der Waals surface area contributed by atoms with Crippen LogP contribution in [0.1, 0.15) is 72.1 Å². The minimum Gasteiger partial charge on any atom is -0.311 e. The number of hydrogen-bond donors (Lipinski definition) is 1. The fourth-order valence-electron chi connectivity index (χ4n) is 3.85. The van der Waals surface area contributed by atoms with Crippen LogP contribution in [0.15, 0.2) is 0 Å². The van der Waals surface area contributed by atoms with Crippen molar-refractivity contribution in [3.63, 3.8) is 0 Å². The molecule has 1 nitrogen and oxygen atoms in total. The van der Waals surface area contributed by atoms with Crippen molar-refractivity contribution >= 4 is 0 Å². The van der Waals surface area contributed by atoms with E-state index in [0.717, 1.165) is 29.8 Å². The molecule has 2 rings (SSSR count). The van der Waals surface area contributed by atoms with Crippen LogP contribution >= 0.6 is 0 Å². The van der Waals surface area contributed by atoms with E-state index in [1.807, 2.05) is 0 Å². The van der Waals surface area contributed by atoms with Gasteiger partial charge in [-0.1, -0.05) is 46.5 Å². The minimum absolute atomic E-state index is 0.819. The van der Waals surface area contributed by atoms with Crippen molar-refractivity contribution in [2.75, 3.05) is 0 Å². The molecule has 2 saturated carbocycles. The fraction of sp³-hybridized carbons (Fsp3) is 1.00. The van der Waals surface area contributed by atoms with E-state index in [2.05, 4.69) is 26.1 Å². The first-order valence-electron chi connectivity index (χ1n) is 7.93. The lowest BCUT2D eigenvalue weighted by Crippen LogP contribution is -2.45. The molecule has 0 heterocycles. The Kier molecular flexibility index (Phi) is 4.90. The molecule has 4 unspecified atom stereocenters. The quantitative estimate of drug-likeness (QED) is 0.768. The molecule has 0 saturated heterocycles. The van der Waals surface area contributed by atoms with Gasteiger partial charge in [0.25, 0.3) is 0 Å². The maximum absolute atomic E-state index is 3.99. The van der Waals surface area contributed by atoms with Crippen molar-refractivity contribution in [2.24, 2.45) is 17.8 Å². The highest BCUT2D eigenvalue weighted by Crippen LogP contribution is 2.32. The first-order valence-corrected chi connectivity index (χ1v) is 7.93. The molecule has 1 N–H and O–H groups in total. The summed E-state index contributed by atoms with van der Waals surface area (Å²) in [5.74, 6) is 2.76. The van der Waals surface area contributed by atoms with E-state index < -0.39 is 0 Å². The van der Waals surface area contributed by atoms with Gasteiger partial charge >= 0.3 is 0 Å². The van der Waals surface area contributed by atoms with Gasteiger partial charge in [-0.05, 0) is 43.4 Å². The number of nitrogens with one attached hydrogen (secondary N) is 1. The fourth-order valence-corrected chi connectivity index (χ4v) is 3.85. The molecule has 0 aromatic carbocycles. The van der Waals surface area contributed by atoms with Crippen molar-refractivity contribution in [3.05, 3.63) is 0 Å². The van der Waals surface area contributed by atoms with Gasteiger partial charge in [0.05, 0.1) is 0 Å². The summed E-state index contributed by atoms with van der Waals surface area (Å²) < 4.78 is 0. The van der Waals surface area contributed by atoms with Crippen LogP contribution in [0.4, 0.5) is 0 Å². The second-order valence-corrected chi connectivity index (χ2v) is 6.90. The third-order valence-corrected chi connectivity index (χ3v) is 5.22. The van der Waals surface area contributed by atoms with E-state index in [-0.39, 0.29) is 0 Å². The Morgan fingerprint density at radius 1 is 0.941 bits per heavy atom. The summed E-state index contributed by atoms with van der Waals surface area (Å²) >= 11 is 0. The molecule has 2 aliphatic rings. The monoisotopic (exact) mass is 237 g/mol. The van der Waals surface area contributed by atoms with Gasteiger partial charge in [0.15, 0.2) is 0 Å². The van der Waals surface area contributed by atoms with Crippen LogP contribution in [-0.2, 0) is 0 Å². The Bertz CT molecular complexity index is 224. The Hall–Kier alpha value is -0.0400. The molecule has 4 atom stereocenters. The molecule has 0 aromatic rings. The molecule has 0 amide bonds. The van der Waals surface area contributed by atoms with Crippen molar-refractivity contribution < 1.29 is 0 Å². The molecule has 0 bridgehead atoms. The molecule has 100 valence electrons. The summed E-state index contributed by atoms with van der Waals surface area (Å²) in [5.41, 5.74) is 0. The highest BCUT2D eigenvalue weighted by molar-refractivity contribution is 4.85. The summed E-state index contributed by atoms with van der Waals surface area (Å²) in [6.45, 7) is 7.24. The normalized spacial score (nSPS) is 39.5. The summed E-state index contributed by atoms with van der Waals surface area (Å²) in [5, 5.41) is 3.99. The van der Waals surface area contributed by atoms with Gasteiger partial charge in [-0.15, -0.1) is 0 Å². The molecule has 0 radical (unpaired) electrons. The lowest BCUT2D eigenvalue weighted by Gasteiger charge is -2.38. The van der Waals surface area contributed by atoms with Crippen molar-refractivity contribution in [2.45, 2.75) is 84.2 Å². The van der Waals surface area contributed by atoms with Gasteiger partial charge in [0, 0.05) is 12.1 Å². The van der Waals surface area contributed by atoms with Crippen LogP contribution in [0.5, 0.6) is 0 Å². The van der Waals surface area contributed by atoms with E-state index in [4.69, 9.17) is 0 Å². The zero-order valence-electron chi connectivity index (χ0n) is 12.0. The number of rotatable bonds is 3. The molecule has 0 aliphatic heterocycles. The average Bonchev–Trinajstić information content (AvgIpc) is 2.32. The van der Waals surface area contributed by atoms with Crippen LogP contribution in [0.3, 0.4) is 0 Å². The predicted molar refractivity (Wildman–Crippen MR) is 75.1 cm³/mol. The Balaban J connectivity index is 1.81. The predicted octanol–water partition coefficient (Wildman–Crippen LogP) is 4.37. The zero-order chi connectivity index (χ0) is 12.3.